The Morgan fingerprint density at radius 2 is 1.50 bits per heavy atom. The van der Waals surface area contributed by atoms with Crippen LogP contribution in [0.2, 0.25) is 0 Å². The number of carbonyl (C=O) groups is 2. The molecule has 4 rings (SSSR count). The number of carboxylic acid groups (broad SMARTS) is 1. The molecule has 0 aliphatic rings. The van der Waals surface area contributed by atoms with Crippen molar-refractivity contribution < 1.29 is 19.4 Å². The summed E-state index contributed by atoms with van der Waals surface area (Å²) in [6.45, 7) is 6.79. The Morgan fingerprint density at radius 1 is 0.833 bits per heavy atom. The Balaban J connectivity index is 1.60. The number of fused-ring (bicyclic) bond motifs is 1. The van der Waals surface area contributed by atoms with E-state index < -0.39 is 17.9 Å². The van der Waals surface area contributed by atoms with E-state index in [1.807, 2.05) is 72.8 Å². The molecular weight excluding hydrogens is 450 g/mol. The molecule has 4 aromatic carbocycles. The van der Waals surface area contributed by atoms with Gasteiger partial charge in [0.15, 0.2) is 0 Å². The third kappa shape index (κ3) is 5.92. The molecule has 0 heterocycles. The first-order valence-electron chi connectivity index (χ1n) is 12.0. The largest absolute Gasteiger partial charge is 0.487 e. The summed E-state index contributed by atoms with van der Waals surface area (Å²) in [5.74, 6) is -1.13. The zero-order valence-corrected chi connectivity index (χ0v) is 20.8. The van der Waals surface area contributed by atoms with Gasteiger partial charge in [-0.15, -0.1) is 0 Å². The van der Waals surface area contributed by atoms with Gasteiger partial charge in [0, 0.05) is 11.8 Å². The van der Waals surface area contributed by atoms with E-state index in [4.69, 9.17) is 4.74 Å². The molecule has 1 atom stereocenters. The smallest absolute Gasteiger partial charge is 0.326 e. The third-order valence-electron chi connectivity index (χ3n) is 6.21. The average molecular weight is 482 g/mol. The second-order valence-electron chi connectivity index (χ2n) is 9.95. The van der Waals surface area contributed by atoms with Gasteiger partial charge in [-0.05, 0) is 33.6 Å². The number of amides is 1. The highest BCUT2D eigenvalue weighted by Gasteiger charge is 2.24. The molecule has 0 saturated heterocycles. The minimum atomic E-state index is -1.09. The minimum absolute atomic E-state index is 0.0563. The first kappa shape index (κ1) is 25.0. The van der Waals surface area contributed by atoms with Crippen LogP contribution < -0.4 is 10.1 Å². The number of carbonyl (C=O) groups excluding carboxylic acids is 1. The van der Waals surface area contributed by atoms with Crippen LogP contribution in [0.1, 0.15) is 47.8 Å². The van der Waals surface area contributed by atoms with Crippen LogP contribution in [0.3, 0.4) is 0 Å². The number of hydrogen-bond acceptors (Lipinski definition) is 3. The molecule has 0 aliphatic carbocycles. The lowest BCUT2D eigenvalue weighted by atomic mass is 9.87. The predicted octanol–water partition coefficient (Wildman–Crippen LogP) is 6.14. The van der Waals surface area contributed by atoms with Crippen LogP contribution in [-0.4, -0.2) is 23.0 Å². The molecule has 0 saturated carbocycles. The zero-order valence-electron chi connectivity index (χ0n) is 20.8. The molecule has 0 aromatic heterocycles. The number of hydrogen-bond donors (Lipinski definition) is 2. The highest BCUT2D eigenvalue weighted by atomic mass is 16.5. The van der Waals surface area contributed by atoms with Crippen LogP contribution in [0.15, 0.2) is 91.0 Å². The van der Waals surface area contributed by atoms with Gasteiger partial charge in [-0.1, -0.05) is 106 Å². The summed E-state index contributed by atoms with van der Waals surface area (Å²) in [4.78, 5) is 25.3. The number of nitrogens with one attached hydrogen (secondary N) is 1. The van der Waals surface area contributed by atoms with Gasteiger partial charge in [0.1, 0.15) is 18.4 Å². The first-order chi connectivity index (χ1) is 17.2. The summed E-state index contributed by atoms with van der Waals surface area (Å²) >= 11 is 0. The van der Waals surface area contributed by atoms with E-state index in [0.29, 0.717) is 11.3 Å². The highest BCUT2D eigenvalue weighted by molar-refractivity contribution is 6.04. The van der Waals surface area contributed by atoms with Crippen LogP contribution in [-0.2, 0) is 23.2 Å². The Morgan fingerprint density at radius 3 is 2.17 bits per heavy atom. The van der Waals surface area contributed by atoms with E-state index in [0.717, 1.165) is 21.9 Å². The molecule has 36 heavy (non-hydrogen) atoms. The molecule has 1 unspecified atom stereocenters. The normalized spacial score (nSPS) is 12.2. The SMILES string of the molecule is CC(C)(C)c1ccc(COc2c(C(=O)NC(Cc3ccccc3)C(=O)O)ccc3ccccc23)cc1. The minimum Gasteiger partial charge on any atom is -0.487 e. The van der Waals surface area contributed by atoms with Crippen LogP contribution >= 0.6 is 0 Å². The average Bonchev–Trinajstić information content (AvgIpc) is 2.87. The van der Waals surface area contributed by atoms with Crippen molar-refractivity contribution in [2.45, 2.75) is 45.3 Å². The van der Waals surface area contributed by atoms with Crippen LogP contribution in [0, 0.1) is 0 Å². The fraction of sp³-hybridized carbons (Fsp3) is 0.226. The second-order valence-corrected chi connectivity index (χ2v) is 9.95. The molecular formula is C31H31NO4. The molecule has 0 spiro atoms. The van der Waals surface area contributed by atoms with E-state index in [-0.39, 0.29) is 18.4 Å². The van der Waals surface area contributed by atoms with E-state index in [9.17, 15) is 14.7 Å². The van der Waals surface area contributed by atoms with Crippen molar-refractivity contribution in [1.29, 1.82) is 0 Å². The van der Waals surface area contributed by atoms with Gasteiger partial charge < -0.3 is 15.2 Å². The Kier molecular flexibility index (Phi) is 7.39. The summed E-state index contributed by atoms with van der Waals surface area (Å²) in [6.07, 6.45) is 0.186. The lowest BCUT2D eigenvalue weighted by molar-refractivity contribution is -0.139. The van der Waals surface area contributed by atoms with Crippen LogP contribution in [0.5, 0.6) is 5.75 Å². The zero-order chi connectivity index (χ0) is 25.7. The van der Waals surface area contributed by atoms with E-state index in [1.165, 1.54) is 5.56 Å². The fourth-order valence-corrected chi connectivity index (χ4v) is 4.12. The van der Waals surface area contributed by atoms with Gasteiger partial charge >= 0.3 is 5.97 Å². The fourth-order valence-electron chi connectivity index (χ4n) is 4.12. The summed E-state index contributed by atoms with van der Waals surface area (Å²) in [5, 5.41) is 14.2. The highest BCUT2D eigenvalue weighted by Crippen LogP contribution is 2.31. The maximum Gasteiger partial charge on any atom is 0.326 e. The van der Waals surface area contributed by atoms with E-state index >= 15 is 0 Å². The molecule has 4 aromatic rings. The lowest BCUT2D eigenvalue weighted by Gasteiger charge is -2.20. The van der Waals surface area contributed by atoms with Gasteiger partial charge in [0.2, 0.25) is 0 Å². The standard InChI is InChI=1S/C31H31NO4/c1-31(2,3)24-16-13-22(14-17-24)20-36-28-25-12-8-7-11-23(25)15-18-26(28)29(33)32-27(30(34)35)19-21-9-5-4-6-10-21/h4-18,27H,19-20H2,1-3H3,(H,32,33)(H,34,35). The third-order valence-corrected chi connectivity index (χ3v) is 6.21. The second kappa shape index (κ2) is 10.6. The van der Waals surface area contributed by atoms with Crippen molar-refractivity contribution in [3.05, 3.63) is 113 Å². The van der Waals surface area contributed by atoms with Gasteiger partial charge in [0.05, 0.1) is 5.56 Å². The topological polar surface area (TPSA) is 75.6 Å². The number of benzene rings is 4. The summed E-state index contributed by atoms with van der Waals surface area (Å²) in [6, 6.07) is 27.7. The van der Waals surface area contributed by atoms with Crippen molar-refractivity contribution in [1.82, 2.24) is 5.32 Å². The Hall–Kier alpha value is -4.12. The maximum absolute atomic E-state index is 13.3. The molecule has 1 amide bonds. The number of ether oxygens (including phenoxy) is 1. The van der Waals surface area contributed by atoms with E-state index in [1.54, 1.807) is 6.07 Å². The van der Waals surface area contributed by atoms with Crippen molar-refractivity contribution in [2.75, 3.05) is 0 Å². The molecule has 2 N–H and O–H groups in total. The number of carboxylic acids is 1. The van der Waals surface area contributed by atoms with Crippen molar-refractivity contribution >= 4 is 22.6 Å². The van der Waals surface area contributed by atoms with Crippen molar-refractivity contribution in [3.8, 4) is 5.75 Å². The lowest BCUT2D eigenvalue weighted by Crippen LogP contribution is -2.42. The Bertz CT molecular complexity index is 1360. The first-order valence-corrected chi connectivity index (χ1v) is 12.0. The van der Waals surface area contributed by atoms with Crippen LogP contribution in [0.25, 0.3) is 10.8 Å². The number of aliphatic carboxylic acids is 1. The van der Waals surface area contributed by atoms with Gasteiger partial charge in [-0.2, -0.15) is 0 Å². The van der Waals surface area contributed by atoms with E-state index in [2.05, 4.69) is 38.2 Å². The summed E-state index contributed by atoms with van der Waals surface area (Å²) < 4.78 is 6.24. The molecule has 5 heteroatoms. The molecule has 0 bridgehead atoms. The van der Waals surface area contributed by atoms with Crippen LogP contribution in [0.4, 0.5) is 0 Å². The predicted molar refractivity (Wildman–Crippen MR) is 142 cm³/mol. The van der Waals surface area contributed by atoms with Gasteiger partial charge in [-0.3, -0.25) is 4.79 Å². The van der Waals surface area contributed by atoms with Gasteiger partial charge in [0.25, 0.3) is 5.91 Å². The molecule has 0 aliphatic heterocycles. The maximum atomic E-state index is 13.3. The quantitative estimate of drug-likeness (QED) is 0.317. The Labute approximate surface area is 211 Å². The molecule has 0 radical (unpaired) electrons. The summed E-state index contributed by atoms with van der Waals surface area (Å²) in [7, 11) is 0. The van der Waals surface area contributed by atoms with Gasteiger partial charge in [-0.25, -0.2) is 4.79 Å². The molecule has 184 valence electrons. The van der Waals surface area contributed by atoms with Crippen molar-refractivity contribution in [2.24, 2.45) is 0 Å². The van der Waals surface area contributed by atoms with Crippen molar-refractivity contribution in [3.63, 3.8) is 0 Å². The number of rotatable bonds is 8. The monoisotopic (exact) mass is 481 g/mol. The molecule has 5 nitrogen and oxygen atoms in total. The molecule has 0 fully saturated rings. The summed E-state index contributed by atoms with van der Waals surface area (Å²) in [5.41, 5.74) is 3.41.